The molecule has 1 heterocycles. The molecule has 2 aromatic carbocycles. The molecule has 1 amide bonds. The highest BCUT2D eigenvalue weighted by Crippen LogP contribution is 2.25. The molecule has 0 bridgehead atoms. The Kier molecular flexibility index (Phi) is 3.55. The Labute approximate surface area is 127 Å². The molecule has 2 N–H and O–H groups in total. The summed E-state index contributed by atoms with van der Waals surface area (Å²) in [7, 11) is 0. The third-order valence-corrected chi connectivity index (χ3v) is 3.99. The first-order valence-electron chi connectivity index (χ1n) is 6.67. The number of carbonyl (C=O) groups excluding carboxylic acids is 1. The highest BCUT2D eigenvalue weighted by molar-refractivity contribution is 6.30. The van der Waals surface area contributed by atoms with Crippen LogP contribution in [0.25, 0.3) is 0 Å². The number of nitrogen functional groups attached to an aromatic ring is 1. The topological polar surface area (TPSA) is 46.3 Å². The van der Waals surface area contributed by atoms with Crippen molar-refractivity contribution in [1.82, 2.24) is 4.90 Å². The number of halogens is 2. The molecule has 3 nitrogen and oxygen atoms in total. The Bertz CT molecular complexity index is 717. The second kappa shape index (κ2) is 5.37. The normalized spacial score (nSPS) is 14.2. The number of fused-ring (bicyclic) bond motifs is 1. The molecule has 0 aromatic heterocycles. The van der Waals surface area contributed by atoms with Gasteiger partial charge in [-0.25, -0.2) is 4.39 Å². The fraction of sp³-hybridized carbons (Fsp3) is 0.188. The van der Waals surface area contributed by atoms with Crippen LogP contribution in [0.1, 0.15) is 21.5 Å². The SMILES string of the molecule is Nc1ccc2c(c1)C(=O)N(Cc1cccc(Cl)c1F)CC2. The Morgan fingerprint density at radius 3 is 2.90 bits per heavy atom. The number of carbonyl (C=O) groups is 1. The third kappa shape index (κ3) is 2.59. The van der Waals surface area contributed by atoms with Crippen molar-refractivity contribution in [2.45, 2.75) is 13.0 Å². The van der Waals surface area contributed by atoms with E-state index in [1.807, 2.05) is 6.07 Å². The van der Waals surface area contributed by atoms with E-state index in [2.05, 4.69) is 0 Å². The summed E-state index contributed by atoms with van der Waals surface area (Å²) in [5.74, 6) is -0.590. The summed E-state index contributed by atoms with van der Waals surface area (Å²) in [6, 6.07) is 10.2. The van der Waals surface area contributed by atoms with Crippen LogP contribution in [0.15, 0.2) is 36.4 Å². The zero-order chi connectivity index (χ0) is 15.0. The number of nitrogens with zero attached hydrogens (tertiary/aromatic N) is 1. The summed E-state index contributed by atoms with van der Waals surface area (Å²) >= 11 is 5.77. The van der Waals surface area contributed by atoms with Gasteiger partial charge in [-0.2, -0.15) is 0 Å². The lowest BCUT2D eigenvalue weighted by Crippen LogP contribution is -2.37. The van der Waals surface area contributed by atoms with Crippen molar-refractivity contribution in [3.05, 3.63) is 63.9 Å². The number of benzene rings is 2. The van der Waals surface area contributed by atoms with Crippen LogP contribution in [-0.2, 0) is 13.0 Å². The lowest BCUT2D eigenvalue weighted by Gasteiger charge is -2.29. The van der Waals surface area contributed by atoms with Gasteiger partial charge in [-0.1, -0.05) is 29.8 Å². The summed E-state index contributed by atoms with van der Waals surface area (Å²) in [5, 5.41) is 0.0709. The van der Waals surface area contributed by atoms with Crippen molar-refractivity contribution in [1.29, 1.82) is 0 Å². The zero-order valence-corrected chi connectivity index (χ0v) is 12.0. The van der Waals surface area contributed by atoms with Gasteiger partial charge in [0.25, 0.3) is 5.91 Å². The smallest absolute Gasteiger partial charge is 0.254 e. The maximum absolute atomic E-state index is 14.0. The van der Waals surface area contributed by atoms with E-state index in [4.69, 9.17) is 17.3 Å². The molecule has 108 valence electrons. The molecule has 5 heteroatoms. The monoisotopic (exact) mass is 304 g/mol. The van der Waals surface area contributed by atoms with Crippen molar-refractivity contribution < 1.29 is 9.18 Å². The van der Waals surface area contributed by atoms with Crippen LogP contribution in [0.2, 0.25) is 5.02 Å². The first kappa shape index (κ1) is 13.9. The van der Waals surface area contributed by atoms with Gasteiger partial charge in [0.15, 0.2) is 0 Å². The van der Waals surface area contributed by atoms with Gasteiger partial charge in [0.2, 0.25) is 0 Å². The van der Waals surface area contributed by atoms with Gasteiger partial charge >= 0.3 is 0 Å². The zero-order valence-electron chi connectivity index (χ0n) is 11.3. The molecular weight excluding hydrogens is 291 g/mol. The lowest BCUT2D eigenvalue weighted by atomic mass is 9.98. The largest absolute Gasteiger partial charge is 0.399 e. The van der Waals surface area contributed by atoms with Gasteiger partial charge in [-0.15, -0.1) is 0 Å². The Morgan fingerprint density at radius 2 is 2.10 bits per heavy atom. The summed E-state index contributed by atoms with van der Waals surface area (Å²) < 4.78 is 14.0. The van der Waals surface area contributed by atoms with E-state index in [0.29, 0.717) is 23.4 Å². The molecule has 0 spiro atoms. The van der Waals surface area contributed by atoms with Gasteiger partial charge in [-0.05, 0) is 30.2 Å². The highest BCUT2D eigenvalue weighted by atomic mass is 35.5. The van der Waals surface area contributed by atoms with E-state index in [1.54, 1.807) is 29.2 Å². The first-order chi connectivity index (χ1) is 10.1. The molecule has 0 aliphatic carbocycles. The molecule has 2 aromatic rings. The molecule has 3 rings (SSSR count). The molecule has 0 unspecified atom stereocenters. The summed E-state index contributed by atoms with van der Waals surface area (Å²) in [6.45, 7) is 0.765. The summed E-state index contributed by atoms with van der Waals surface area (Å²) in [6.07, 6.45) is 0.740. The predicted octanol–water partition coefficient (Wildman–Crippen LogP) is 3.26. The summed E-state index contributed by atoms with van der Waals surface area (Å²) in [4.78, 5) is 14.1. The van der Waals surface area contributed by atoms with E-state index in [1.165, 1.54) is 6.07 Å². The van der Waals surface area contributed by atoms with Crippen molar-refractivity contribution in [3.63, 3.8) is 0 Å². The average Bonchev–Trinajstić information content (AvgIpc) is 2.47. The van der Waals surface area contributed by atoms with Gasteiger partial charge in [0, 0.05) is 29.9 Å². The molecule has 0 fully saturated rings. The fourth-order valence-corrected chi connectivity index (χ4v) is 2.76. The van der Waals surface area contributed by atoms with Crippen LogP contribution < -0.4 is 5.73 Å². The number of nitrogens with two attached hydrogens (primary N) is 1. The molecular formula is C16H14ClFN2O. The highest BCUT2D eigenvalue weighted by Gasteiger charge is 2.25. The second-order valence-electron chi connectivity index (χ2n) is 5.11. The molecule has 1 aliphatic rings. The Morgan fingerprint density at radius 1 is 1.29 bits per heavy atom. The van der Waals surface area contributed by atoms with Gasteiger partial charge in [0.1, 0.15) is 5.82 Å². The van der Waals surface area contributed by atoms with Crippen LogP contribution in [0.5, 0.6) is 0 Å². The van der Waals surface area contributed by atoms with Gasteiger partial charge < -0.3 is 10.6 Å². The first-order valence-corrected chi connectivity index (χ1v) is 7.04. The molecule has 0 saturated carbocycles. The number of anilines is 1. The number of hydrogen-bond donors (Lipinski definition) is 1. The average molecular weight is 305 g/mol. The quantitative estimate of drug-likeness (QED) is 0.866. The number of hydrogen-bond acceptors (Lipinski definition) is 2. The van der Waals surface area contributed by atoms with E-state index in [0.717, 1.165) is 12.0 Å². The third-order valence-electron chi connectivity index (χ3n) is 3.70. The van der Waals surface area contributed by atoms with Crippen LogP contribution in [0, 0.1) is 5.82 Å². The van der Waals surface area contributed by atoms with E-state index in [-0.39, 0.29) is 17.5 Å². The van der Waals surface area contributed by atoms with Crippen LogP contribution in [0.3, 0.4) is 0 Å². The maximum atomic E-state index is 14.0. The van der Waals surface area contributed by atoms with E-state index in [9.17, 15) is 9.18 Å². The van der Waals surface area contributed by atoms with Crippen molar-refractivity contribution in [3.8, 4) is 0 Å². The van der Waals surface area contributed by atoms with Crippen molar-refractivity contribution >= 4 is 23.2 Å². The minimum atomic E-state index is -0.467. The molecule has 0 atom stereocenters. The van der Waals surface area contributed by atoms with Crippen LogP contribution >= 0.6 is 11.6 Å². The Hall–Kier alpha value is -2.07. The Balaban J connectivity index is 1.88. The standard InChI is InChI=1S/C16H14ClFN2O/c17-14-3-1-2-11(15(14)18)9-20-7-6-10-4-5-12(19)8-13(10)16(20)21/h1-5,8H,6-7,9,19H2. The lowest BCUT2D eigenvalue weighted by molar-refractivity contribution is 0.0725. The van der Waals surface area contributed by atoms with Crippen molar-refractivity contribution in [2.75, 3.05) is 12.3 Å². The second-order valence-corrected chi connectivity index (χ2v) is 5.51. The molecule has 0 radical (unpaired) electrons. The van der Waals surface area contributed by atoms with Crippen LogP contribution in [-0.4, -0.2) is 17.4 Å². The van der Waals surface area contributed by atoms with E-state index < -0.39 is 5.82 Å². The minimum Gasteiger partial charge on any atom is -0.399 e. The maximum Gasteiger partial charge on any atom is 0.254 e. The number of rotatable bonds is 2. The predicted molar refractivity (Wildman–Crippen MR) is 80.7 cm³/mol. The van der Waals surface area contributed by atoms with Crippen molar-refractivity contribution in [2.24, 2.45) is 0 Å². The minimum absolute atomic E-state index is 0.0709. The van der Waals surface area contributed by atoms with Crippen LogP contribution in [0.4, 0.5) is 10.1 Å². The number of amides is 1. The molecule has 21 heavy (non-hydrogen) atoms. The molecule has 1 aliphatic heterocycles. The van der Waals surface area contributed by atoms with E-state index >= 15 is 0 Å². The van der Waals surface area contributed by atoms with Gasteiger partial charge in [0.05, 0.1) is 5.02 Å². The van der Waals surface area contributed by atoms with Gasteiger partial charge in [-0.3, -0.25) is 4.79 Å². The molecule has 0 saturated heterocycles. The summed E-state index contributed by atoms with van der Waals surface area (Å²) in [5.41, 5.74) is 8.30. The fourth-order valence-electron chi connectivity index (χ4n) is 2.57.